The molecule has 3 nitrogen and oxygen atoms in total. The average Bonchev–Trinajstić information content (AvgIpc) is 2.54. The first-order valence-corrected chi connectivity index (χ1v) is 4.78. The van der Waals surface area contributed by atoms with Crippen LogP contribution in [0.3, 0.4) is 0 Å². The van der Waals surface area contributed by atoms with E-state index in [2.05, 4.69) is 33.7 Å². The number of nitrogens with one attached hydrogen (secondary N) is 1. The van der Waals surface area contributed by atoms with Crippen LogP contribution in [-0.4, -0.2) is 12.6 Å². The standard InChI is InChI=1S/C12H9N3/c1-2-4-11-9(3-1)5-6-10-7-14-15-8-13-12(10)11/h1-8H,(H,13,15). The third kappa shape index (κ3) is 1.29. The van der Waals surface area contributed by atoms with E-state index in [4.69, 9.17) is 0 Å². The minimum absolute atomic E-state index is 1.06. The van der Waals surface area contributed by atoms with Gasteiger partial charge in [-0.15, -0.1) is 5.10 Å². The summed E-state index contributed by atoms with van der Waals surface area (Å²) in [7, 11) is 0. The van der Waals surface area contributed by atoms with Crippen LogP contribution in [0.15, 0.2) is 46.6 Å². The first kappa shape index (κ1) is 8.17. The maximum absolute atomic E-state index is 3.90. The Balaban J connectivity index is 2.38. The van der Waals surface area contributed by atoms with Crippen molar-refractivity contribution in [1.82, 2.24) is 0 Å². The molecular weight excluding hydrogens is 186 g/mol. The Bertz CT molecular complexity index is 570. The van der Waals surface area contributed by atoms with E-state index >= 15 is 0 Å². The summed E-state index contributed by atoms with van der Waals surface area (Å²) in [4.78, 5) is 0. The maximum Gasteiger partial charge on any atom is 0.115 e. The fourth-order valence-corrected chi connectivity index (χ4v) is 1.78. The molecule has 72 valence electrons. The molecule has 0 saturated carbocycles. The Labute approximate surface area is 87.1 Å². The molecule has 15 heavy (non-hydrogen) atoms. The molecule has 0 amide bonds. The van der Waals surface area contributed by atoms with Crippen molar-refractivity contribution in [2.75, 3.05) is 5.32 Å². The monoisotopic (exact) mass is 195 g/mol. The molecule has 0 saturated heterocycles. The predicted octanol–water partition coefficient (Wildman–Crippen LogP) is 2.63. The van der Waals surface area contributed by atoms with Crippen molar-refractivity contribution in [2.45, 2.75) is 0 Å². The van der Waals surface area contributed by atoms with Gasteiger partial charge < -0.3 is 5.32 Å². The second kappa shape index (κ2) is 3.20. The summed E-state index contributed by atoms with van der Waals surface area (Å²) in [5, 5.41) is 13.3. The molecule has 3 rings (SSSR count). The zero-order valence-corrected chi connectivity index (χ0v) is 8.01. The summed E-state index contributed by atoms with van der Waals surface area (Å²) in [6.45, 7) is 0. The van der Waals surface area contributed by atoms with Crippen LogP contribution in [0, 0.1) is 0 Å². The minimum Gasteiger partial charge on any atom is -0.344 e. The number of rotatable bonds is 0. The second-order valence-corrected chi connectivity index (χ2v) is 3.38. The highest BCUT2D eigenvalue weighted by Gasteiger charge is 2.05. The molecular formula is C12H9N3. The first-order valence-electron chi connectivity index (χ1n) is 4.78. The third-order valence-corrected chi connectivity index (χ3v) is 2.49. The van der Waals surface area contributed by atoms with Crippen LogP contribution in [-0.2, 0) is 0 Å². The SMILES string of the molecule is C1=NN=Cc2ccc3ccccc3c2N1. The highest BCUT2D eigenvalue weighted by Crippen LogP contribution is 2.26. The van der Waals surface area contributed by atoms with Gasteiger partial charge in [0.2, 0.25) is 0 Å². The molecule has 0 radical (unpaired) electrons. The molecule has 3 heteroatoms. The van der Waals surface area contributed by atoms with E-state index in [9.17, 15) is 0 Å². The summed E-state index contributed by atoms with van der Waals surface area (Å²) in [6.07, 6.45) is 3.37. The normalized spacial score (nSPS) is 13.3. The molecule has 0 unspecified atom stereocenters. The highest BCUT2D eigenvalue weighted by molar-refractivity contribution is 6.07. The van der Waals surface area contributed by atoms with Crippen LogP contribution in [0.2, 0.25) is 0 Å². The third-order valence-electron chi connectivity index (χ3n) is 2.49. The van der Waals surface area contributed by atoms with E-state index in [1.165, 1.54) is 10.8 Å². The summed E-state index contributed by atoms with van der Waals surface area (Å²) in [5.74, 6) is 0. The van der Waals surface area contributed by atoms with Crippen molar-refractivity contribution in [2.24, 2.45) is 10.2 Å². The van der Waals surface area contributed by atoms with Gasteiger partial charge in [0.1, 0.15) is 6.34 Å². The maximum atomic E-state index is 3.90. The molecule has 2 aromatic rings. The van der Waals surface area contributed by atoms with Gasteiger partial charge in [0, 0.05) is 10.9 Å². The number of hydrogen-bond donors (Lipinski definition) is 1. The van der Waals surface area contributed by atoms with Crippen molar-refractivity contribution in [1.29, 1.82) is 0 Å². The summed E-state index contributed by atoms with van der Waals surface area (Å²) in [5.41, 5.74) is 2.13. The Morgan fingerprint density at radius 3 is 2.87 bits per heavy atom. The van der Waals surface area contributed by atoms with Gasteiger partial charge in [-0.05, 0) is 5.39 Å². The fourth-order valence-electron chi connectivity index (χ4n) is 1.78. The van der Waals surface area contributed by atoms with Crippen molar-refractivity contribution in [3.05, 3.63) is 42.0 Å². The Hall–Kier alpha value is -2.16. The van der Waals surface area contributed by atoms with Gasteiger partial charge in [0.15, 0.2) is 0 Å². The van der Waals surface area contributed by atoms with Gasteiger partial charge in [0.25, 0.3) is 0 Å². The molecule has 0 spiro atoms. The summed E-state index contributed by atoms with van der Waals surface area (Å²) < 4.78 is 0. The lowest BCUT2D eigenvalue weighted by Crippen LogP contribution is -1.97. The lowest BCUT2D eigenvalue weighted by molar-refractivity contribution is 1.27. The van der Waals surface area contributed by atoms with Crippen LogP contribution in [0.4, 0.5) is 5.69 Å². The van der Waals surface area contributed by atoms with E-state index in [-0.39, 0.29) is 0 Å². The molecule has 0 fully saturated rings. The molecule has 0 atom stereocenters. The van der Waals surface area contributed by atoms with E-state index < -0.39 is 0 Å². The Morgan fingerprint density at radius 2 is 1.87 bits per heavy atom. The van der Waals surface area contributed by atoms with Crippen molar-refractivity contribution in [3.8, 4) is 0 Å². The zero-order valence-electron chi connectivity index (χ0n) is 8.01. The van der Waals surface area contributed by atoms with Gasteiger partial charge >= 0.3 is 0 Å². The number of benzene rings is 2. The van der Waals surface area contributed by atoms with Gasteiger partial charge in [-0.1, -0.05) is 36.4 Å². The van der Waals surface area contributed by atoms with Gasteiger partial charge in [-0.2, -0.15) is 5.10 Å². The van der Waals surface area contributed by atoms with Crippen LogP contribution in [0.1, 0.15) is 5.56 Å². The smallest absolute Gasteiger partial charge is 0.115 e. The van der Waals surface area contributed by atoms with Crippen LogP contribution < -0.4 is 5.32 Å². The first-order chi connectivity index (χ1) is 7.45. The van der Waals surface area contributed by atoms with Crippen molar-refractivity contribution in [3.63, 3.8) is 0 Å². The lowest BCUT2D eigenvalue weighted by Gasteiger charge is -2.07. The topological polar surface area (TPSA) is 36.8 Å². The number of nitrogens with zero attached hydrogens (tertiary/aromatic N) is 2. The minimum atomic E-state index is 1.06. The molecule has 2 aromatic carbocycles. The fraction of sp³-hybridized carbons (Fsp3) is 0. The van der Waals surface area contributed by atoms with Crippen LogP contribution >= 0.6 is 0 Å². The van der Waals surface area contributed by atoms with Gasteiger partial charge in [0.05, 0.1) is 11.9 Å². The van der Waals surface area contributed by atoms with Crippen LogP contribution in [0.5, 0.6) is 0 Å². The van der Waals surface area contributed by atoms with Crippen molar-refractivity contribution >= 4 is 29.0 Å². The molecule has 0 aliphatic carbocycles. The molecule has 1 N–H and O–H groups in total. The highest BCUT2D eigenvalue weighted by atomic mass is 15.2. The number of anilines is 1. The van der Waals surface area contributed by atoms with E-state index in [0.29, 0.717) is 0 Å². The molecule has 0 bridgehead atoms. The average molecular weight is 195 g/mol. The Kier molecular flexibility index (Phi) is 1.75. The molecule has 1 heterocycles. The quantitative estimate of drug-likeness (QED) is 0.689. The summed E-state index contributed by atoms with van der Waals surface area (Å²) in [6, 6.07) is 12.4. The number of fused-ring (bicyclic) bond motifs is 3. The number of hydrogen-bond acceptors (Lipinski definition) is 3. The Morgan fingerprint density at radius 1 is 0.933 bits per heavy atom. The van der Waals surface area contributed by atoms with E-state index in [0.717, 1.165) is 11.3 Å². The summed E-state index contributed by atoms with van der Waals surface area (Å²) >= 11 is 0. The van der Waals surface area contributed by atoms with Gasteiger partial charge in [-0.25, -0.2) is 0 Å². The van der Waals surface area contributed by atoms with Crippen LogP contribution in [0.25, 0.3) is 10.8 Å². The lowest BCUT2D eigenvalue weighted by atomic mass is 10.0. The largest absolute Gasteiger partial charge is 0.344 e. The zero-order chi connectivity index (χ0) is 10.1. The molecule has 1 aliphatic rings. The molecule has 1 aliphatic heterocycles. The second-order valence-electron chi connectivity index (χ2n) is 3.38. The van der Waals surface area contributed by atoms with Gasteiger partial charge in [-0.3, -0.25) is 0 Å². The predicted molar refractivity (Wildman–Crippen MR) is 63.7 cm³/mol. The van der Waals surface area contributed by atoms with E-state index in [1.54, 1.807) is 12.6 Å². The van der Waals surface area contributed by atoms with E-state index in [1.807, 2.05) is 18.2 Å². The molecule has 0 aromatic heterocycles. The van der Waals surface area contributed by atoms with Crippen molar-refractivity contribution < 1.29 is 0 Å².